The van der Waals surface area contributed by atoms with E-state index < -0.39 is 5.97 Å². The molecule has 0 aliphatic heterocycles. The average molecular weight is 373 g/mol. The molecule has 0 aliphatic carbocycles. The molecule has 2 heterocycles. The van der Waals surface area contributed by atoms with E-state index in [-0.39, 0.29) is 24.4 Å². The predicted octanol–water partition coefficient (Wildman–Crippen LogP) is 1.37. The molecule has 0 aliphatic rings. The predicted molar refractivity (Wildman–Crippen MR) is 95.2 cm³/mol. The van der Waals surface area contributed by atoms with E-state index >= 15 is 0 Å². The summed E-state index contributed by atoms with van der Waals surface area (Å²) in [6.07, 6.45) is 0.0130. The molecule has 2 aromatic heterocycles. The van der Waals surface area contributed by atoms with Crippen molar-refractivity contribution in [1.82, 2.24) is 20.0 Å². The molecule has 26 heavy (non-hydrogen) atoms. The summed E-state index contributed by atoms with van der Waals surface area (Å²) in [5.41, 5.74) is 0.682. The van der Waals surface area contributed by atoms with Crippen LogP contribution in [0.3, 0.4) is 0 Å². The number of amides is 1. The van der Waals surface area contributed by atoms with Crippen LogP contribution in [-0.2, 0) is 16.1 Å². The maximum absolute atomic E-state index is 12.3. The number of methoxy groups -OCH3 is 1. The van der Waals surface area contributed by atoms with Gasteiger partial charge in [0.1, 0.15) is 10.4 Å². The lowest BCUT2D eigenvalue weighted by Crippen LogP contribution is -2.26. The highest BCUT2D eigenvalue weighted by Crippen LogP contribution is 2.23. The van der Waals surface area contributed by atoms with Crippen molar-refractivity contribution in [3.05, 3.63) is 45.2 Å². The van der Waals surface area contributed by atoms with E-state index in [1.54, 1.807) is 31.2 Å². The van der Waals surface area contributed by atoms with Gasteiger partial charge in [-0.15, -0.1) is 5.10 Å². The molecule has 0 bridgehead atoms. The molecule has 134 valence electrons. The number of nitrogens with one attached hydrogen (secondary N) is 1. The average Bonchev–Trinajstić information content (AvgIpc) is 3.00. The van der Waals surface area contributed by atoms with Gasteiger partial charge in [-0.2, -0.15) is 0 Å². The quantitative estimate of drug-likeness (QED) is 0.671. The van der Waals surface area contributed by atoms with E-state index in [4.69, 9.17) is 0 Å². The molecule has 0 unspecified atom stereocenters. The third kappa shape index (κ3) is 3.59. The largest absolute Gasteiger partial charge is 0.465 e. The summed E-state index contributed by atoms with van der Waals surface area (Å²) in [5, 5.41) is 11.2. The number of thiazole rings is 1. The van der Waals surface area contributed by atoms with Crippen LogP contribution in [0.4, 0.5) is 5.13 Å². The van der Waals surface area contributed by atoms with Gasteiger partial charge in [0.05, 0.1) is 24.7 Å². The number of ether oxygens (including phenoxy) is 1. The zero-order valence-electron chi connectivity index (χ0n) is 14.1. The smallest absolute Gasteiger partial charge is 0.350 e. The number of hydrogen-bond acceptors (Lipinski definition) is 8. The fraction of sp³-hybridized carbons (Fsp3) is 0.250. The van der Waals surface area contributed by atoms with Gasteiger partial charge in [-0.3, -0.25) is 9.59 Å². The first-order valence-corrected chi connectivity index (χ1v) is 8.49. The van der Waals surface area contributed by atoms with Crippen molar-refractivity contribution in [2.75, 3.05) is 12.4 Å². The third-order valence-electron chi connectivity index (χ3n) is 3.59. The van der Waals surface area contributed by atoms with Crippen LogP contribution >= 0.6 is 11.3 Å². The second-order valence-electron chi connectivity index (χ2n) is 5.36. The van der Waals surface area contributed by atoms with Gasteiger partial charge in [0.25, 0.3) is 5.56 Å². The van der Waals surface area contributed by atoms with Crippen LogP contribution in [0.25, 0.3) is 10.9 Å². The molecule has 0 spiro atoms. The van der Waals surface area contributed by atoms with Crippen LogP contribution in [-0.4, -0.2) is 39.0 Å². The van der Waals surface area contributed by atoms with Crippen molar-refractivity contribution >= 4 is 39.2 Å². The van der Waals surface area contributed by atoms with Crippen molar-refractivity contribution in [3.8, 4) is 0 Å². The Bertz CT molecular complexity index is 1040. The number of fused-ring (bicyclic) bond motifs is 1. The monoisotopic (exact) mass is 373 g/mol. The van der Waals surface area contributed by atoms with E-state index in [1.165, 1.54) is 7.11 Å². The first-order valence-electron chi connectivity index (χ1n) is 7.67. The molecule has 10 heteroatoms. The summed E-state index contributed by atoms with van der Waals surface area (Å²) in [4.78, 5) is 40.4. The zero-order chi connectivity index (χ0) is 18.7. The highest BCUT2D eigenvalue weighted by atomic mass is 32.1. The summed E-state index contributed by atoms with van der Waals surface area (Å²) in [5.74, 6) is -0.851. The minimum atomic E-state index is -0.501. The number of anilines is 1. The van der Waals surface area contributed by atoms with Crippen LogP contribution in [0, 0.1) is 6.92 Å². The van der Waals surface area contributed by atoms with Crippen molar-refractivity contribution in [1.29, 1.82) is 0 Å². The van der Waals surface area contributed by atoms with E-state index in [0.717, 1.165) is 16.0 Å². The van der Waals surface area contributed by atoms with Crippen LogP contribution in [0.5, 0.6) is 0 Å². The fourth-order valence-electron chi connectivity index (χ4n) is 2.29. The zero-order valence-corrected chi connectivity index (χ0v) is 14.9. The Morgan fingerprint density at radius 1 is 1.31 bits per heavy atom. The van der Waals surface area contributed by atoms with Crippen molar-refractivity contribution in [3.63, 3.8) is 0 Å². The van der Waals surface area contributed by atoms with Crippen molar-refractivity contribution in [2.24, 2.45) is 0 Å². The van der Waals surface area contributed by atoms with Gasteiger partial charge in [0.15, 0.2) is 5.13 Å². The van der Waals surface area contributed by atoms with E-state index in [2.05, 4.69) is 25.3 Å². The first kappa shape index (κ1) is 17.7. The number of carbonyl (C=O) groups is 2. The Kier molecular flexibility index (Phi) is 5.03. The third-order valence-corrected chi connectivity index (χ3v) is 4.65. The lowest BCUT2D eigenvalue weighted by molar-refractivity contribution is -0.116. The van der Waals surface area contributed by atoms with Gasteiger partial charge < -0.3 is 10.1 Å². The highest BCUT2D eigenvalue weighted by Gasteiger charge is 2.17. The number of carbonyl (C=O) groups excluding carboxylic acids is 2. The summed E-state index contributed by atoms with van der Waals surface area (Å²) >= 11 is 1.03. The second-order valence-corrected chi connectivity index (χ2v) is 6.36. The Labute approximate surface area is 151 Å². The SMILES string of the molecule is COC(=O)c1sc(NC(=O)CCn2nnc3ccccc3c2=O)nc1C. The highest BCUT2D eigenvalue weighted by molar-refractivity contribution is 7.17. The maximum Gasteiger partial charge on any atom is 0.350 e. The minimum Gasteiger partial charge on any atom is -0.465 e. The summed E-state index contributed by atoms with van der Waals surface area (Å²) in [7, 11) is 1.28. The van der Waals surface area contributed by atoms with E-state index in [0.29, 0.717) is 26.6 Å². The number of nitrogens with zero attached hydrogens (tertiary/aromatic N) is 4. The molecule has 0 saturated carbocycles. The summed E-state index contributed by atoms with van der Waals surface area (Å²) in [6, 6.07) is 6.87. The lowest BCUT2D eigenvalue weighted by Gasteiger charge is -2.04. The molecule has 1 N–H and O–H groups in total. The molecular formula is C16H15N5O4S. The Morgan fingerprint density at radius 2 is 2.08 bits per heavy atom. The van der Waals surface area contributed by atoms with Gasteiger partial charge in [0, 0.05) is 6.42 Å². The molecule has 1 amide bonds. The normalized spacial score (nSPS) is 10.7. The number of esters is 1. The number of benzene rings is 1. The van der Waals surface area contributed by atoms with Crippen molar-refractivity contribution in [2.45, 2.75) is 19.9 Å². The molecule has 0 fully saturated rings. The number of hydrogen-bond donors (Lipinski definition) is 1. The number of aryl methyl sites for hydroxylation is 2. The minimum absolute atomic E-state index is 0.0130. The van der Waals surface area contributed by atoms with Gasteiger partial charge in [-0.05, 0) is 19.1 Å². The topological polar surface area (TPSA) is 116 Å². The first-order chi connectivity index (χ1) is 12.5. The summed E-state index contributed by atoms with van der Waals surface area (Å²) in [6.45, 7) is 1.74. The van der Waals surface area contributed by atoms with Gasteiger partial charge >= 0.3 is 5.97 Å². The van der Waals surface area contributed by atoms with Crippen LogP contribution < -0.4 is 10.9 Å². The molecular weight excluding hydrogens is 358 g/mol. The molecule has 0 saturated heterocycles. The summed E-state index contributed by atoms with van der Waals surface area (Å²) < 4.78 is 5.80. The van der Waals surface area contributed by atoms with Crippen molar-refractivity contribution < 1.29 is 14.3 Å². The molecule has 0 atom stereocenters. The second kappa shape index (κ2) is 7.40. The van der Waals surface area contributed by atoms with Crippen LogP contribution in [0.1, 0.15) is 21.8 Å². The Hall–Kier alpha value is -3.14. The Balaban J connectivity index is 1.67. The molecule has 1 aromatic carbocycles. The molecule has 3 aromatic rings. The van der Waals surface area contributed by atoms with Crippen LogP contribution in [0.2, 0.25) is 0 Å². The standard InChI is InChI=1S/C16H15N5O4S/c1-9-13(15(24)25-2)26-16(17-9)18-12(22)7-8-21-14(23)10-5-3-4-6-11(10)19-20-21/h3-6H,7-8H2,1-2H3,(H,17,18,22). The lowest BCUT2D eigenvalue weighted by atomic mass is 10.2. The van der Waals surface area contributed by atoms with Gasteiger partial charge in [-0.1, -0.05) is 28.7 Å². The number of rotatable bonds is 5. The Morgan fingerprint density at radius 3 is 2.85 bits per heavy atom. The fourth-order valence-corrected chi connectivity index (χ4v) is 3.19. The van der Waals surface area contributed by atoms with Gasteiger partial charge in [-0.25, -0.2) is 14.5 Å². The molecule has 9 nitrogen and oxygen atoms in total. The van der Waals surface area contributed by atoms with E-state index in [1.807, 2.05) is 0 Å². The van der Waals surface area contributed by atoms with Crippen LogP contribution in [0.15, 0.2) is 29.1 Å². The maximum atomic E-state index is 12.3. The molecule has 3 rings (SSSR count). The molecule has 0 radical (unpaired) electrons. The van der Waals surface area contributed by atoms with Gasteiger partial charge in [0.2, 0.25) is 5.91 Å². The number of aromatic nitrogens is 4. The van der Waals surface area contributed by atoms with E-state index in [9.17, 15) is 14.4 Å².